The summed E-state index contributed by atoms with van der Waals surface area (Å²) in [6.07, 6.45) is 0.991. The summed E-state index contributed by atoms with van der Waals surface area (Å²) in [5.74, 6) is -2.17. The van der Waals surface area contributed by atoms with Crippen LogP contribution in [0.3, 0.4) is 0 Å². The average Bonchev–Trinajstić information content (AvgIpc) is 2.70. The molecule has 1 heterocycles. The number of methoxy groups -OCH3 is 1. The highest BCUT2D eigenvalue weighted by Gasteiger charge is 2.28. The number of carbonyl (C=O) groups is 2. The van der Waals surface area contributed by atoms with Crippen molar-refractivity contribution < 1.29 is 23.1 Å². The molecule has 0 aromatic heterocycles. The number of ether oxygens (including phenoxy) is 1. The van der Waals surface area contributed by atoms with Crippen LogP contribution in [0.5, 0.6) is 5.75 Å². The number of halogens is 2. The van der Waals surface area contributed by atoms with Crippen LogP contribution in [0.1, 0.15) is 28.8 Å². The second-order valence-corrected chi connectivity index (χ2v) is 6.89. The Morgan fingerprint density at radius 1 is 1.07 bits per heavy atom. The van der Waals surface area contributed by atoms with Crippen molar-refractivity contribution in [2.45, 2.75) is 19.8 Å². The molecule has 0 bridgehead atoms. The first kappa shape index (κ1) is 19.8. The molecule has 3 rings (SSSR count). The summed E-state index contributed by atoms with van der Waals surface area (Å²) in [5.41, 5.74) is 1.72. The van der Waals surface area contributed by atoms with Gasteiger partial charge in [-0.05, 0) is 55.7 Å². The summed E-state index contributed by atoms with van der Waals surface area (Å²) in [4.78, 5) is 26.6. The summed E-state index contributed by atoms with van der Waals surface area (Å²) in [7, 11) is 1.54. The molecule has 1 saturated heterocycles. The smallest absolute Gasteiger partial charge is 0.253 e. The lowest BCUT2D eigenvalue weighted by molar-refractivity contribution is -0.121. The Labute approximate surface area is 162 Å². The molecule has 0 unspecified atom stereocenters. The number of carbonyl (C=O) groups excluding carboxylic acids is 2. The number of hydrogen-bond donors (Lipinski definition) is 1. The van der Waals surface area contributed by atoms with E-state index >= 15 is 0 Å². The molecule has 0 saturated carbocycles. The van der Waals surface area contributed by atoms with Crippen molar-refractivity contribution in [1.82, 2.24) is 4.90 Å². The van der Waals surface area contributed by atoms with Gasteiger partial charge in [-0.15, -0.1) is 0 Å². The number of likely N-dealkylation sites (tertiary alicyclic amines) is 1. The molecule has 5 nitrogen and oxygen atoms in total. The number of rotatable bonds is 4. The minimum absolute atomic E-state index is 0.103. The van der Waals surface area contributed by atoms with Crippen LogP contribution in [0.15, 0.2) is 36.4 Å². The maximum atomic E-state index is 13.4. The molecule has 2 aromatic rings. The third-order valence-electron chi connectivity index (χ3n) is 4.93. The zero-order valence-electron chi connectivity index (χ0n) is 15.8. The average molecular weight is 388 g/mol. The molecule has 2 aromatic carbocycles. The monoisotopic (exact) mass is 388 g/mol. The minimum Gasteiger partial charge on any atom is -0.495 e. The fraction of sp³-hybridized carbons (Fsp3) is 0.333. The Bertz CT molecular complexity index is 893. The van der Waals surface area contributed by atoms with Gasteiger partial charge in [0, 0.05) is 24.6 Å². The molecule has 148 valence electrons. The SMILES string of the molecule is COc1ccc(C)cc1NC(=O)C1CCN(C(=O)c2ccc(F)c(F)c2)CC1. The highest BCUT2D eigenvalue weighted by molar-refractivity contribution is 5.96. The van der Waals surface area contributed by atoms with Crippen LogP contribution in [0.2, 0.25) is 0 Å². The van der Waals surface area contributed by atoms with Gasteiger partial charge in [0.1, 0.15) is 5.75 Å². The highest BCUT2D eigenvalue weighted by Crippen LogP contribution is 2.27. The van der Waals surface area contributed by atoms with Gasteiger partial charge < -0.3 is 15.0 Å². The zero-order chi connectivity index (χ0) is 20.3. The lowest BCUT2D eigenvalue weighted by atomic mass is 9.95. The van der Waals surface area contributed by atoms with E-state index in [1.807, 2.05) is 19.1 Å². The van der Waals surface area contributed by atoms with Crippen LogP contribution in [-0.2, 0) is 4.79 Å². The first-order chi connectivity index (χ1) is 13.4. The largest absolute Gasteiger partial charge is 0.495 e. The van der Waals surface area contributed by atoms with Crippen molar-refractivity contribution in [1.29, 1.82) is 0 Å². The van der Waals surface area contributed by atoms with E-state index in [9.17, 15) is 18.4 Å². The maximum absolute atomic E-state index is 13.4. The number of piperidine rings is 1. The second-order valence-electron chi connectivity index (χ2n) is 6.89. The summed E-state index contributed by atoms with van der Waals surface area (Å²) >= 11 is 0. The minimum atomic E-state index is -1.05. The molecule has 0 atom stereocenters. The number of anilines is 1. The van der Waals surface area contributed by atoms with Crippen molar-refractivity contribution in [3.63, 3.8) is 0 Å². The summed E-state index contributed by atoms with van der Waals surface area (Å²) in [5, 5.41) is 2.90. The summed E-state index contributed by atoms with van der Waals surface area (Å²) in [6.45, 7) is 2.68. The van der Waals surface area contributed by atoms with E-state index in [-0.39, 0.29) is 23.3 Å². The van der Waals surface area contributed by atoms with Crippen molar-refractivity contribution in [2.24, 2.45) is 5.92 Å². The van der Waals surface area contributed by atoms with E-state index in [1.54, 1.807) is 18.1 Å². The number of nitrogens with zero attached hydrogens (tertiary/aromatic N) is 1. The summed E-state index contributed by atoms with van der Waals surface area (Å²) in [6, 6.07) is 8.66. The Morgan fingerprint density at radius 3 is 2.43 bits per heavy atom. The molecule has 1 N–H and O–H groups in total. The predicted molar refractivity (Wildman–Crippen MR) is 101 cm³/mol. The lowest BCUT2D eigenvalue weighted by Crippen LogP contribution is -2.41. The Morgan fingerprint density at radius 2 is 1.79 bits per heavy atom. The van der Waals surface area contributed by atoms with Gasteiger partial charge >= 0.3 is 0 Å². The van der Waals surface area contributed by atoms with Crippen LogP contribution >= 0.6 is 0 Å². The van der Waals surface area contributed by atoms with Crippen LogP contribution in [0, 0.1) is 24.5 Å². The van der Waals surface area contributed by atoms with Crippen LogP contribution in [0.4, 0.5) is 14.5 Å². The van der Waals surface area contributed by atoms with Gasteiger partial charge in [0.05, 0.1) is 12.8 Å². The van der Waals surface area contributed by atoms with E-state index in [1.165, 1.54) is 6.07 Å². The number of hydrogen-bond acceptors (Lipinski definition) is 3. The van der Waals surface area contributed by atoms with Gasteiger partial charge in [-0.1, -0.05) is 6.07 Å². The van der Waals surface area contributed by atoms with Crippen molar-refractivity contribution in [2.75, 3.05) is 25.5 Å². The lowest BCUT2D eigenvalue weighted by Gasteiger charge is -2.31. The molecule has 0 radical (unpaired) electrons. The number of amides is 2. The van der Waals surface area contributed by atoms with E-state index in [4.69, 9.17) is 4.74 Å². The van der Waals surface area contributed by atoms with Crippen LogP contribution in [-0.4, -0.2) is 36.9 Å². The molecule has 2 amide bonds. The quantitative estimate of drug-likeness (QED) is 0.867. The Balaban J connectivity index is 1.60. The van der Waals surface area contributed by atoms with E-state index in [0.29, 0.717) is 37.4 Å². The number of aryl methyl sites for hydroxylation is 1. The molecule has 28 heavy (non-hydrogen) atoms. The van der Waals surface area contributed by atoms with E-state index < -0.39 is 11.6 Å². The van der Waals surface area contributed by atoms with E-state index in [0.717, 1.165) is 17.7 Å². The molecule has 1 aliphatic rings. The third kappa shape index (κ3) is 4.30. The normalized spacial score (nSPS) is 14.6. The summed E-state index contributed by atoms with van der Waals surface area (Å²) < 4.78 is 31.7. The number of nitrogens with one attached hydrogen (secondary N) is 1. The van der Waals surface area contributed by atoms with Crippen molar-refractivity contribution in [3.8, 4) is 5.75 Å². The first-order valence-corrected chi connectivity index (χ1v) is 9.09. The highest BCUT2D eigenvalue weighted by atomic mass is 19.2. The Kier molecular flexibility index (Phi) is 5.92. The van der Waals surface area contributed by atoms with Crippen molar-refractivity contribution >= 4 is 17.5 Å². The van der Waals surface area contributed by atoms with Gasteiger partial charge in [0.15, 0.2) is 11.6 Å². The molecule has 0 spiro atoms. The molecular weight excluding hydrogens is 366 g/mol. The number of benzene rings is 2. The topological polar surface area (TPSA) is 58.6 Å². The van der Waals surface area contributed by atoms with Gasteiger partial charge in [0.25, 0.3) is 5.91 Å². The maximum Gasteiger partial charge on any atom is 0.253 e. The van der Waals surface area contributed by atoms with Crippen LogP contribution in [0.25, 0.3) is 0 Å². The molecule has 1 aliphatic heterocycles. The standard InChI is InChI=1S/C21H22F2N2O3/c1-13-3-6-19(28-2)18(11-13)24-20(26)14-7-9-25(10-8-14)21(27)15-4-5-16(22)17(23)12-15/h3-6,11-12,14H,7-10H2,1-2H3,(H,24,26). The van der Waals surface area contributed by atoms with Crippen molar-refractivity contribution in [3.05, 3.63) is 59.2 Å². The molecule has 0 aliphatic carbocycles. The molecule has 7 heteroatoms. The fourth-order valence-corrected chi connectivity index (χ4v) is 3.31. The van der Waals surface area contributed by atoms with Gasteiger partial charge in [-0.3, -0.25) is 9.59 Å². The molecule has 1 fully saturated rings. The third-order valence-corrected chi connectivity index (χ3v) is 4.93. The molecular formula is C21H22F2N2O3. The van der Waals surface area contributed by atoms with E-state index in [2.05, 4.69) is 5.32 Å². The zero-order valence-corrected chi connectivity index (χ0v) is 15.8. The fourth-order valence-electron chi connectivity index (χ4n) is 3.31. The van der Waals surface area contributed by atoms with Gasteiger partial charge in [-0.25, -0.2) is 8.78 Å². The van der Waals surface area contributed by atoms with Gasteiger partial charge in [0.2, 0.25) is 5.91 Å². The van der Waals surface area contributed by atoms with Crippen LogP contribution < -0.4 is 10.1 Å². The predicted octanol–water partition coefficient (Wildman–Crippen LogP) is 3.77. The second kappa shape index (κ2) is 8.37. The Hall–Kier alpha value is -2.96. The first-order valence-electron chi connectivity index (χ1n) is 9.09. The van der Waals surface area contributed by atoms with Gasteiger partial charge in [-0.2, -0.15) is 0 Å².